The third kappa shape index (κ3) is 2.68. The predicted molar refractivity (Wildman–Crippen MR) is 64.7 cm³/mol. The van der Waals surface area contributed by atoms with Crippen molar-refractivity contribution in [3.05, 3.63) is 34.9 Å². The summed E-state index contributed by atoms with van der Waals surface area (Å²) < 4.78 is 0. The number of carbonyl (C=O) groups is 1. The molecule has 0 aliphatic carbocycles. The fourth-order valence-electron chi connectivity index (χ4n) is 2.08. The molecule has 86 valence electrons. The summed E-state index contributed by atoms with van der Waals surface area (Å²) in [5, 5.41) is 3.33. The molecule has 1 aromatic rings. The van der Waals surface area contributed by atoms with Gasteiger partial charge in [0.15, 0.2) is 0 Å². The van der Waals surface area contributed by atoms with E-state index in [1.54, 1.807) is 0 Å². The smallest absolute Gasteiger partial charge is 0.150 e. The Hall–Kier alpha value is -1.19. The molecule has 0 unspecified atom stereocenters. The summed E-state index contributed by atoms with van der Waals surface area (Å²) in [5.41, 5.74) is 3.12. The molecule has 0 saturated carbocycles. The molecule has 3 heteroatoms. The van der Waals surface area contributed by atoms with E-state index >= 15 is 0 Å². The number of piperazine rings is 1. The first-order valence-electron chi connectivity index (χ1n) is 5.77. The molecule has 0 aromatic heterocycles. The molecule has 1 N–H and O–H groups in total. The van der Waals surface area contributed by atoms with Crippen molar-refractivity contribution in [1.82, 2.24) is 10.2 Å². The summed E-state index contributed by atoms with van der Waals surface area (Å²) in [6.07, 6.45) is 0.963. The van der Waals surface area contributed by atoms with Crippen LogP contribution in [0.3, 0.4) is 0 Å². The van der Waals surface area contributed by atoms with Crippen molar-refractivity contribution in [3.8, 4) is 0 Å². The highest BCUT2D eigenvalue weighted by Crippen LogP contribution is 2.12. The van der Waals surface area contributed by atoms with Crippen LogP contribution >= 0.6 is 0 Å². The monoisotopic (exact) mass is 218 g/mol. The Morgan fingerprint density at radius 3 is 2.81 bits per heavy atom. The van der Waals surface area contributed by atoms with Gasteiger partial charge in [-0.05, 0) is 18.6 Å². The van der Waals surface area contributed by atoms with Crippen LogP contribution in [-0.2, 0) is 6.54 Å². The Morgan fingerprint density at radius 1 is 1.38 bits per heavy atom. The summed E-state index contributed by atoms with van der Waals surface area (Å²) >= 11 is 0. The molecule has 0 spiro atoms. The van der Waals surface area contributed by atoms with E-state index in [2.05, 4.69) is 22.3 Å². The van der Waals surface area contributed by atoms with Crippen LogP contribution in [-0.4, -0.2) is 37.4 Å². The number of aldehydes is 1. The van der Waals surface area contributed by atoms with Gasteiger partial charge >= 0.3 is 0 Å². The first kappa shape index (κ1) is 11.3. The second-order valence-corrected chi connectivity index (χ2v) is 4.35. The zero-order chi connectivity index (χ0) is 11.4. The van der Waals surface area contributed by atoms with Crippen LogP contribution < -0.4 is 5.32 Å². The lowest BCUT2D eigenvalue weighted by molar-refractivity contribution is 0.112. The van der Waals surface area contributed by atoms with E-state index in [-0.39, 0.29) is 0 Å². The molecular formula is C13H18N2O. The molecule has 16 heavy (non-hydrogen) atoms. The van der Waals surface area contributed by atoms with Gasteiger partial charge in [0.2, 0.25) is 0 Å². The Labute approximate surface area is 96.5 Å². The van der Waals surface area contributed by atoms with Crippen molar-refractivity contribution >= 4 is 6.29 Å². The highest BCUT2D eigenvalue weighted by atomic mass is 16.1. The van der Waals surface area contributed by atoms with E-state index in [9.17, 15) is 4.79 Å². The molecule has 1 fully saturated rings. The molecule has 1 heterocycles. The number of nitrogens with one attached hydrogen (secondary N) is 1. The van der Waals surface area contributed by atoms with Gasteiger partial charge in [0.25, 0.3) is 0 Å². The number of hydrogen-bond donors (Lipinski definition) is 1. The highest BCUT2D eigenvalue weighted by molar-refractivity contribution is 5.77. The Bertz CT molecular complexity index is 370. The average molecular weight is 218 g/mol. The van der Waals surface area contributed by atoms with Gasteiger partial charge in [-0.3, -0.25) is 9.69 Å². The first-order chi connectivity index (χ1) is 7.79. The molecule has 1 aliphatic heterocycles. The summed E-state index contributed by atoms with van der Waals surface area (Å²) in [6, 6.07) is 6.11. The van der Waals surface area contributed by atoms with Crippen LogP contribution in [0.4, 0.5) is 0 Å². The number of benzene rings is 1. The lowest BCUT2D eigenvalue weighted by Crippen LogP contribution is -2.43. The van der Waals surface area contributed by atoms with Crippen LogP contribution in [0.1, 0.15) is 21.5 Å². The Morgan fingerprint density at radius 2 is 2.12 bits per heavy atom. The van der Waals surface area contributed by atoms with E-state index in [4.69, 9.17) is 0 Å². The minimum atomic E-state index is 0.832. The van der Waals surface area contributed by atoms with Crippen molar-refractivity contribution < 1.29 is 4.79 Å². The molecule has 0 atom stereocenters. The average Bonchev–Trinajstić information content (AvgIpc) is 2.33. The molecule has 3 nitrogen and oxygen atoms in total. The second-order valence-electron chi connectivity index (χ2n) is 4.35. The van der Waals surface area contributed by atoms with Crippen LogP contribution in [0.25, 0.3) is 0 Å². The Balaban J connectivity index is 2.10. The molecule has 1 aromatic carbocycles. The minimum absolute atomic E-state index is 0.832. The summed E-state index contributed by atoms with van der Waals surface area (Å²) in [6.45, 7) is 7.11. The van der Waals surface area contributed by atoms with Crippen LogP contribution in [0, 0.1) is 6.92 Å². The number of nitrogens with zero attached hydrogens (tertiary/aromatic N) is 1. The minimum Gasteiger partial charge on any atom is -0.314 e. The van der Waals surface area contributed by atoms with E-state index < -0.39 is 0 Å². The molecule has 0 amide bonds. The molecule has 0 bridgehead atoms. The van der Waals surface area contributed by atoms with Gasteiger partial charge in [0, 0.05) is 38.3 Å². The van der Waals surface area contributed by atoms with Crippen LogP contribution in [0.2, 0.25) is 0 Å². The fraction of sp³-hybridized carbons (Fsp3) is 0.462. The lowest BCUT2D eigenvalue weighted by Gasteiger charge is -2.27. The van der Waals surface area contributed by atoms with Gasteiger partial charge in [-0.2, -0.15) is 0 Å². The topological polar surface area (TPSA) is 32.3 Å². The van der Waals surface area contributed by atoms with E-state index in [0.29, 0.717) is 0 Å². The second kappa shape index (κ2) is 5.23. The number of hydrogen-bond acceptors (Lipinski definition) is 3. The van der Waals surface area contributed by atoms with Crippen molar-refractivity contribution in [3.63, 3.8) is 0 Å². The molecule has 1 saturated heterocycles. The number of aryl methyl sites for hydroxylation is 1. The SMILES string of the molecule is Cc1ccc(CN2CCNCC2)c(C=O)c1. The maximum absolute atomic E-state index is 11.0. The number of carbonyl (C=O) groups excluding carboxylic acids is 1. The van der Waals surface area contributed by atoms with E-state index in [0.717, 1.165) is 55.7 Å². The molecule has 1 aliphatic rings. The highest BCUT2D eigenvalue weighted by Gasteiger charge is 2.11. The van der Waals surface area contributed by atoms with Gasteiger partial charge in [-0.15, -0.1) is 0 Å². The first-order valence-corrected chi connectivity index (χ1v) is 5.77. The van der Waals surface area contributed by atoms with Gasteiger partial charge in [0.1, 0.15) is 6.29 Å². The van der Waals surface area contributed by atoms with E-state index in [1.165, 1.54) is 0 Å². The van der Waals surface area contributed by atoms with Gasteiger partial charge in [0.05, 0.1) is 0 Å². The van der Waals surface area contributed by atoms with Crippen LogP contribution in [0.5, 0.6) is 0 Å². The van der Waals surface area contributed by atoms with Crippen molar-refractivity contribution in [2.45, 2.75) is 13.5 Å². The standard InChI is InChI=1S/C13H18N2O/c1-11-2-3-12(13(8-11)10-16)9-15-6-4-14-5-7-15/h2-3,8,10,14H,4-7,9H2,1H3. The summed E-state index contributed by atoms with van der Waals surface area (Å²) in [7, 11) is 0. The van der Waals surface area contributed by atoms with Crippen LogP contribution in [0.15, 0.2) is 18.2 Å². The molecule has 0 radical (unpaired) electrons. The summed E-state index contributed by atoms with van der Waals surface area (Å²) in [4.78, 5) is 13.4. The van der Waals surface area contributed by atoms with Crippen molar-refractivity contribution in [2.75, 3.05) is 26.2 Å². The normalized spacial score (nSPS) is 17.3. The maximum atomic E-state index is 11.0. The zero-order valence-corrected chi connectivity index (χ0v) is 9.70. The largest absolute Gasteiger partial charge is 0.314 e. The third-order valence-corrected chi connectivity index (χ3v) is 3.03. The fourth-order valence-corrected chi connectivity index (χ4v) is 2.08. The van der Waals surface area contributed by atoms with Crippen molar-refractivity contribution in [2.24, 2.45) is 0 Å². The molecule has 2 rings (SSSR count). The van der Waals surface area contributed by atoms with Gasteiger partial charge in [-0.1, -0.05) is 17.7 Å². The maximum Gasteiger partial charge on any atom is 0.150 e. The van der Waals surface area contributed by atoms with E-state index in [1.807, 2.05) is 13.0 Å². The molecular weight excluding hydrogens is 200 g/mol. The van der Waals surface area contributed by atoms with Gasteiger partial charge in [-0.25, -0.2) is 0 Å². The zero-order valence-electron chi connectivity index (χ0n) is 9.70. The van der Waals surface area contributed by atoms with Crippen molar-refractivity contribution in [1.29, 1.82) is 0 Å². The third-order valence-electron chi connectivity index (χ3n) is 3.03. The predicted octanol–water partition coefficient (Wildman–Crippen LogP) is 1.21. The quantitative estimate of drug-likeness (QED) is 0.774. The number of rotatable bonds is 3. The summed E-state index contributed by atoms with van der Waals surface area (Å²) in [5.74, 6) is 0. The van der Waals surface area contributed by atoms with Gasteiger partial charge < -0.3 is 5.32 Å². The lowest BCUT2D eigenvalue weighted by atomic mass is 10.0. The Kier molecular flexibility index (Phi) is 3.70.